The number of nitrogen functional groups attached to an aromatic ring is 1. The Balaban J connectivity index is 1.53. The predicted octanol–water partition coefficient (Wildman–Crippen LogP) is 2.99. The zero-order valence-corrected chi connectivity index (χ0v) is 16.1. The van der Waals surface area contributed by atoms with Gasteiger partial charge in [-0.2, -0.15) is 0 Å². The molecular weight excluding hydrogens is 388 g/mol. The van der Waals surface area contributed by atoms with Crippen LogP contribution in [0.25, 0.3) is 21.5 Å². The summed E-state index contributed by atoms with van der Waals surface area (Å²) in [5.41, 5.74) is 8.82. The molecule has 0 bridgehead atoms. The number of pyridine rings is 2. The minimum Gasteiger partial charge on any atom is -0.395 e. The third kappa shape index (κ3) is 4.31. The molecule has 0 aliphatic rings. The first-order valence-corrected chi connectivity index (χ1v) is 9.69. The third-order valence-corrected chi connectivity index (χ3v) is 5.07. The van der Waals surface area contributed by atoms with E-state index < -0.39 is 0 Å². The van der Waals surface area contributed by atoms with E-state index in [4.69, 9.17) is 10.8 Å². The molecule has 0 radical (unpaired) electrons. The van der Waals surface area contributed by atoms with Crippen LogP contribution in [0.1, 0.15) is 10.5 Å². The summed E-state index contributed by atoms with van der Waals surface area (Å²) in [5, 5.41) is 15.6. The van der Waals surface area contributed by atoms with E-state index >= 15 is 0 Å². The lowest BCUT2D eigenvalue weighted by atomic mass is 10.1. The number of carbonyl (C=O) groups excluding carboxylic acids is 1. The monoisotopic (exact) mass is 406 g/mol. The van der Waals surface area contributed by atoms with Crippen molar-refractivity contribution in [2.75, 3.05) is 29.5 Å². The van der Waals surface area contributed by atoms with E-state index in [1.54, 1.807) is 30.5 Å². The standard InChI is InChI=1S/C20H18N6O2S/c21-18-7-4-12(11-23-18)14-2-1-3-16(25-14)19(28)24-13-5-6-15-17(10-13)29-20(26-15)22-8-9-27/h1-7,10-11,27H,8-9H2,(H2,21,23)(H,22,26)(H,24,28). The molecule has 146 valence electrons. The van der Waals surface area contributed by atoms with E-state index in [2.05, 4.69) is 25.6 Å². The van der Waals surface area contributed by atoms with Gasteiger partial charge in [0.1, 0.15) is 11.5 Å². The number of carbonyl (C=O) groups is 1. The van der Waals surface area contributed by atoms with Crippen LogP contribution in [0.3, 0.4) is 0 Å². The molecule has 5 N–H and O–H groups in total. The number of thiazole rings is 1. The summed E-state index contributed by atoms with van der Waals surface area (Å²) >= 11 is 1.46. The number of aliphatic hydroxyl groups excluding tert-OH is 1. The van der Waals surface area contributed by atoms with Gasteiger partial charge in [-0.1, -0.05) is 17.4 Å². The van der Waals surface area contributed by atoms with Gasteiger partial charge in [-0.3, -0.25) is 4.79 Å². The van der Waals surface area contributed by atoms with Crippen molar-refractivity contribution >= 4 is 44.1 Å². The lowest BCUT2D eigenvalue weighted by Crippen LogP contribution is -2.13. The summed E-state index contributed by atoms with van der Waals surface area (Å²) in [6, 6.07) is 14.3. The van der Waals surface area contributed by atoms with Gasteiger partial charge in [0, 0.05) is 24.0 Å². The molecule has 1 aromatic carbocycles. The zero-order valence-electron chi connectivity index (χ0n) is 15.3. The van der Waals surface area contributed by atoms with Crippen LogP contribution in [-0.2, 0) is 0 Å². The number of anilines is 3. The minimum atomic E-state index is -0.308. The fourth-order valence-electron chi connectivity index (χ4n) is 2.71. The first-order valence-electron chi connectivity index (χ1n) is 8.88. The van der Waals surface area contributed by atoms with Gasteiger partial charge < -0.3 is 21.5 Å². The lowest BCUT2D eigenvalue weighted by Gasteiger charge is -2.07. The number of fused-ring (bicyclic) bond motifs is 1. The number of nitrogens with one attached hydrogen (secondary N) is 2. The molecule has 0 fully saturated rings. The van der Waals surface area contributed by atoms with Crippen LogP contribution in [0, 0.1) is 0 Å². The van der Waals surface area contributed by atoms with E-state index in [1.165, 1.54) is 11.3 Å². The molecule has 29 heavy (non-hydrogen) atoms. The Bertz CT molecular complexity index is 1160. The van der Waals surface area contributed by atoms with Crippen LogP contribution < -0.4 is 16.4 Å². The summed E-state index contributed by atoms with van der Waals surface area (Å²) in [4.78, 5) is 25.6. The Hall–Kier alpha value is -3.56. The van der Waals surface area contributed by atoms with Gasteiger partial charge in [-0.25, -0.2) is 15.0 Å². The van der Waals surface area contributed by atoms with Crippen LogP contribution in [-0.4, -0.2) is 39.1 Å². The van der Waals surface area contributed by atoms with Crippen molar-refractivity contribution in [2.24, 2.45) is 0 Å². The van der Waals surface area contributed by atoms with Crippen molar-refractivity contribution in [2.45, 2.75) is 0 Å². The normalized spacial score (nSPS) is 10.8. The van der Waals surface area contributed by atoms with Crippen molar-refractivity contribution in [1.82, 2.24) is 15.0 Å². The van der Waals surface area contributed by atoms with E-state index in [1.807, 2.05) is 24.3 Å². The average molecular weight is 406 g/mol. The highest BCUT2D eigenvalue weighted by molar-refractivity contribution is 7.22. The Morgan fingerprint density at radius 3 is 2.83 bits per heavy atom. The number of benzene rings is 1. The molecule has 0 atom stereocenters. The second-order valence-electron chi connectivity index (χ2n) is 6.19. The molecule has 4 aromatic rings. The van der Waals surface area contributed by atoms with E-state index in [0.717, 1.165) is 20.9 Å². The number of rotatable bonds is 6. The molecule has 0 unspecified atom stereocenters. The fourth-order valence-corrected chi connectivity index (χ4v) is 3.65. The molecule has 0 saturated carbocycles. The Labute approximate surface area is 170 Å². The molecule has 0 aliphatic carbocycles. The smallest absolute Gasteiger partial charge is 0.274 e. The van der Waals surface area contributed by atoms with Crippen LogP contribution in [0.15, 0.2) is 54.7 Å². The van der Waals surface area contributed by atoms with Crippen molar-refractivity contribution in [1.29, 1.82) is 0 Å². The number of nitrogens with two attached hydrogens (primary N) is 1. The molecule has 1 amide bonds. The fraction of sp³-hybridized carbons (Fsp3) is 0.100. The molecule has 0 saturated heterocycles. The lowest BCUT2D eigenvalue weighted by molar-refractivity contribution is 0.102. The van der Waals surface area contributed by atoms with Crippen LogP contribution in [0.5, 0.6) is 0 Å². The first kappa shape index (κ1) is 18.8. The second-order valence-corrected chi connectivity index (χ2v) is 7.22. The van der Waals surface area contributed by atoms with Gasteiger partial charge in [0.15, 0.2) is 5.13 Å². The number of nitrogens with zero attached hydrogens (tertiary/aromatic N) is 3. The van der Waals surface area contributed by atoms with Crippen molar-refractivity contribution in [3.8, 4) is 11.3 Å². The predicted molar refractivity (Wildman–Crippen MR) is 115 cm³/mol. The Morgan fingerprint density at radius 1 is 1.14 bits per heavy atom. The Kier molecular flexibility index (Phi) is 5.32. The van der Waals surface area contributed by atoms with E-state index in [-0.39, 0.29) is 12.5 Å². The van der Waals surface area contributed by atoms with Gasteiger partial charge in [-0.15, -0.1) is 0 Å². The van der Waals surface area contributed by atoms with Crippen molar-refractivity contribution < 1.29 is 9.90 Å². The number of aliphatic hydroxyl groups is 1. The maximum absolute atomic E-state index is 12.7. The largest absolute Gasteiger partial charge is 0.395 e. The third-order valence-electron chi connectivity index (χ3n) is 4.10. The quantitative estimate of drug-likeness (QED) is 0.388. The van der Waals surface area contributed by atoms with Crippen LogP contribution >= 0.6 is 11.3 Å². The summed E-state index contributed by atoms with van der Waals surface area (Å²) < 4.78 is 0.929. The molecule has 9 heteroatoms. The van der Waals surface area contributed by atoms with Crippen molar-refractivity contribution in [3.05, 3.63) is 60.4 Å². The van der Waals surface area contributed by atoms with Gasteiger partial charge in [0.2, 0.25) is 0 Å². The number of amides is 1. The molecule has 0 spiro atoms. The second kappa shape index (κ2) is 8.21. The molecule has 4 rings (SSSR count). The summed E-state index contributed by atoms with van der Waals surface area (Å²) in [7, 11) is 0. The number of hydrogen-bond donors (Lipinski definition) is 4. The zero-order chi connectivity index (χ0) is 20.2. The highest BCUT2D eigenvalue weighted by atomic mass is 32.1. The molecular formula is C20H18N6O2S. The summed E-state index contributed by atoms with van der Waals surface area (Å²) in [6.07, 6.45) is 1.62. The highest BCUT2D eigenvalue weighted by Gasteiger charge is 2.11. The van der Waals surface area contributed by atoms with Gasteiger partial charge in [0.25, 0.3) is 5.91 Å². The summed E-state index contributed by atoms with van der Waals surface area (Å²) in [5.74, 6) is 0.119. The van der Waals surface area contributed by atoms with Gasteiger partial charge in [0.05, 0.1) is 22.5 Å². The van der Waals surface area contributed by atoms with Gasteiger partial charge >= 0.3 is 0 Å². The molecule has 3 heterocycles. The summed E-state index contributed by atoms with van der Waals surface area (Å²) in [6.45, 7) is 0.477. The van der Waals surface area contributed by atoms with Gasteiger partial charge in [-0.05, 0) is 42.5 Å². The molecule has 8 nitrogen and oxygen atoms in total. The number of aromatic nitrogens is 3. The SMILES string of the molecule is Nc1ccc(-c2cccc(C(=O)Nc3ccc4nc(NCCO)sc4c3)n2)cn1. The average Bonchev–Trinajstić information content (AvgIpc) is 3.15. The van der Waals surface area contributed by atoms with E-state index in [9.17, 15) is 4.79 Å². The highest BCUT2D eigenvalue weighted by Crippen LogP contribution is 2.28. The topological polar surface area (TPSA) is 126 Å². The first-order chi connectivity index (χ1) is 14.1. The minimum absolute atomic E-state index is 0.0374. The number of hydrogen-bond acceptors (Lipinski definition) is 8. The maximum atomic E-state index is 12.7. The molecule has 3 aromatic heterocycles. The van der Waals surface area contributed by atoms with E-state index in [0.29, 0.717) is 29.4 Å². The molecule has 0 aliphatic heterocycles. The maximum Gasteiger partial charge on any atom is 0.274 e. The van der Waals surface area contributed by atoms with Crippen LogP contribution in [0.2, 0.25) is 0 Å². The van der Waals surface area contributed by atoms with Crippen LogP contribution in [0.4, 0.5) is 16.6 Å². The Morgan fingerprint density at radius 2 is 2.03 bits per heavy atom. The van der Waals surface area contributed by atoms with Crippen molar-refractivity contribution in [3.63, 3.8) is 0 Å².